The van der Waals surface area contributed by atoms with Crippen LogP contribution >= 0.6 is 0 Å². The van der Waals surface area contributed by atoms with Crippen LogP contribution in [-0.4, -0.2) is 47.4 Å². The Morgan fingerprint density at radius 2 is 2.15 bits per heavy atom. The fourth-order valence-corrected chi connectivity index (χ4v) is 2.58. The van der Waals surface area contributed by atoms with Crippen molar-refractivity contribution in [2.75, 3.05) is 25.0 Å². The minimum Gasteiger partial charge on any atom is -0.395 e. The summed E-state index contributed by atoms with van der Waals surface area (Å²) in [7, 11) is 0. The average molecular weight is 276 g/mol. The number of aliphatic hydroxyl groups excluding tert-OH is 1. The van der Waals surface area contributed by atoms with E-state index in [1.807, 2.05) is 4.90 Å². The van der Waals surface area contributed by atoms with E-state index in [0.29, 0.717) is 11.3 Å². The minimum absolute atomic E-state index is 0.0730. The summed E-state index contributed by atoms with van der Waals surface area (Å²) < 4.78 is 0. The first-order chi connectivity index (χ1) is 9.61. The van der Waals surface area contributed by atoms with Crippen LogP contribution in [0.25, 0.3) is 0 Å². The van der Waals surface area contributed by atoms with Gasteiger partial charge in [-0.3, -0.25) is 14.5 Å². The number of likely N-dealkylation sites (tertiary alicyclic amines) is 1. The van der Waals surface area contributed by atoms with Gasteiger partial charge in [0.2, 0.25) is 5.91 Å². The number of nitrogens with one attached hydrogen (secondary N) is 1. The van der Waals surface area contributed by atoms with Gasteiger partial charge in [0.1, 0.15) is 0 Å². The number of carbonyl (C=O) groups excluding carboxylic acids is 2. The number of benzene rings is 1. The fraction of sp³-hybridized carbons (Fsp3) is 0.467. The van der Waals surface area contributed by atoms with Crippen molar-refractivity contribution in [3.63, 3.8) is 0 Å². The number of hydrogen-bond donors (Lipinski definition) is 2. The van der Waals surface area contributed by atoms with Crippen LogP contribution in [0.2, 0.25) is 0 Å². The molecule has 1 aromatic carbocycles. The summed E-state index contributed by atoms with van der Waals surface area (Å²) in [6.07, 6.45) is 1.93. The lowest BCUT2D eigenvalue weighted by Gasteiger charge is -2.22. The van der Waals surface area contributed by atoms with Gasteiger partial charge in [0.25, 0.3) is 0 Å². The first kappa shape index (κ1) is 14.7. The number of nitrogens with zero attached hydrogens (tertiary/aromatic N) is 1. The van der Waals surface area contributed by atoms with E-state index in [-0.39, 0.29) is 30.9 Å². The second kappa shape index (κ2) is 6.63. The summed E-state index contributed by atoms with van der Waals surface area (Å²) >= 11 is 0. The predicted molar refractivity (Wildman–Crippen MR) is 76.8 cm³/mol. The minimum atomic E-state index is -0.154. The highest BCUT2D eigenvalue weighted by molar-refractivity contribution is 6.04. The Balaban J connectivity index is 2.00. The maximum absolute atomic E-state index is 12.1. The van der Waals surface area contributed by atoms with E-state index in [1.54, 1.807) is 24.3 Å². The molecule has 20 heavy (non-hydrogen) atoms. The van der Waals surface area contributed by atoms with Crippen molar-refractivity contribution < 1.29 is 14.7 Å². The highest BCUT2D eigenvalue weighted by Gasteiger charge is 2.25. The van der Waals surface area contributed by atoms with Gasteiger partial charge in [0.15, 0.2) is 5.78 Å². The van der Waals surface area contributed by atoms with Crippen LogP contribution in [0.3, 0.4) is 0 Å². The topological polar surface area (TPSA) is 69.6 Å². The Hall–Kier alpha value is -1.72. The van der Waals surface area contributed by atoms with Gasteiger partial charge in [-0.1, -0.05) is 12.1 Å². The van der Waals surface area contributed by atoms with Crippen LogP contribution in [0, 0.1) is 0 Å². The Bertz CT molecular complexity index is 502. The van der Waals surface area contributed by atoms with Crippen molar-refractivity contribution in [3.05, 3.63) is 29.8 Å². The summed E-state index contributed by atoms with van der Waals surface area (Å²) in [4.78, 5) is 25.5. The molecule has 0 radical (unpaired) electrons. The number of amides is 1. The van der Waals surface area contributed by atoms with Crippen molar-refractivity contribution in [1.82, 2.24) is 4.90 Å². The van der Waals surface area contributed by atoms with Gasteiger partial charge in [-0.25, -0.2) is 0 Å². The van der Waals surface area contributed by atoms with Crippen molar-refractivity contribution in [3.8, 4) is 0 Å². The van der Waals surface area contributed by atoms with Gasteiger partial charge in [0.05, 0.1) is 18.8 Å². The standard InChI is InChI=1S/C15H20N2O3/c1-11(19)13-6-2-3-7-14(13)16-15(20)9-17-8-4-5-12(17)10-18/h2-3,6-7,12,18H,4-5,8-10H2,1H3,(H,16,20). The fourth-order valence-electron chi connectivity index (χ4n) is 2.58. The third-order valence-electron chi connectivity index (χ3n) is 3.64. The molecule has 5 heteroatoms. The summed E-state index contributed by atoms with van der Waals surface area (Å²) in [6, 6.07) is 7.05. The predicted octanol–water partition coefficient (Wildman–Crippen LogP) is 1.28. The smallest absolute Gasteiger partial charge is 0.238 e. The lowest BCUT2D eigenvalue weighted by atomic mass is 10.1. The molecule has 2 N–H and O–H groups in total. The van der Waals surface area contributed by atoms with Crippen molar-refractivity contribution in [2.24, 2.45) is 0 Å². The molecule has 0 bridgehead atoms. The number of para-hydroxylation sites is 1. The molecule has 1 unspecified atom stereocenters. The van der Waals surface area contributed by atoms with Crippen molar-refractivity contribution in [1.29, 1.82) is 0 Å². The Morgan fingerprint density at radius 3 is 2.85 bits per heavy atom. The van der Waals surface area contributed by atoms with Crippen LogP contribution in [-0.2, 0) is 4.79 Å². The summed E-state index contributed by atoms with van der Waals surface area (Å²) in [5, 5.41) is 12.0. The van der Waals surface area contributed by atoms with Crippen molar-refractivity contribution in [2.45, 2.75) is 25.8 Å². The SMILES string of the molecule is CC(=O)c1ccccc1NC(=O)CN1CCCC1CO. The molecule has 2 rings (SSSR count). The van der Waals surface area contributed by atoms with Gasteiger partial charge in [-0.05, 0) is 38.4 Å². The third kappa shape index (κ3) is 3.43. The number of Topliss-reactive ketones (excluding diaryl/α,β-unsaturated/α-hetero) is 1. The molecule has 1 fully saturated rings. The average Bonchev–Trinajstić information content (AvgIpc) is 2.86. The van der Waals surface area contributed by atoms with Gasteiger partial charge in [0, 0.05) is 11.6 Å². The molecule has 1 aliphatic heterocycles. The molecule has 1 saturated heterocycles. The number of hydrogen-bond acceptors (Lipinski definition) is 4. The summed E-state index contributed by atoms with van der Waals surface area (Å²) in [5.74, 6) is -0.227. The monoisotopic (exact) mass is 276 g/mol. The second-order valence-electron chi connectivity index (χ2n) is 5.10. The molecule has 108 valence electrons. The van der Waals surface area contributed by atoms with Gasteiger partial charge in [-0.2, -0.15) is 0 Å². The van der Waals surface area contributed by atoms with E-state index >= 15 is 0 Å². The van der Waals surface area contributed by atoms with Crippen LogP contribution < -0.4 is 5.32 Å². The van der Waals surface area contributed by atoms with Gasteiger partial charge < -0.3 is 10.4 Å². The third-order valence-corrected chi connectivity index (χ3v) is 3.64. The second-order valence-corrected chi connectivity index (χ2v) is 5.10. The molecule has 0 aliphatic carbocycles. The van der Waals surface area contributed by atoms with E-state index in [2.05, 4.69) is 5.32 Å². The zero-order chi connectivity index (χ0) is 14.5. The number of carbonyl (C=O) groups is 2. The maximum atomic E-state index is 12.1. The van der Waals surface area contributed by atoms with E-state index in [4.69, 9.17) is 0 Å². The molecule has 1 aliphatic rings. The van der Waals surface area contributed by atoms with Crippen LogP contribution in [0.1, 0.15) is 30.1 Å². The Kier molecular flexibility index (Phi) is 4.87. The molecular formula is C15H20N2O3. The van der Waals surface area contributed by atoms with E-state index in [0.717, 1.165) is 19.4 Å². The lowest BCUT2D eigenvalue weighted by Crippen LogP contribution is -2.38. The molecule has 0 aromatic heterocycles. The molecule has 1 amide bonds. The van der Waals surface area contributed by atoms with Crippen LogP contribution in [0.4, 0.5) is 5.69 Å². The largest absolute Gasteiger partial charge is 0.395 e. The highest BCUT2D eigenvalue weighted by Crippen LogP contribution is 2.18. The highest BCUT2D eigenvalue weighted by atomic mass is 16.3. The van der Waals surface area contributed by atoms with Crippen LogP contribution in [0.15, 0.2) is 24.3 Å². The normalized spacial score (nSPS) is 19.0. The molecule has 1 aromatic rings. The van der Waals surface area contributed by atoms with E-state index in [9.17, 15) is 14.7 Å². The zero-order valence-corrected chi connectivity index (χ0v) is 11.6. The van der Waals surface area contributed by atoms with E-state index < -0.39 is 0 Å². The number of rotatable bonds is 5. The Morgan fingerprint density at radius 1 is 1.40 bits per heavy atom. The molecule has 0 saturated carbocycles. The van der Waals surface area contributed by atoms with E-state index in [1.165, 1.54) is 6.92 Å². The molecule has 5 nitrogen and oxygen atoms in total. The first-order valence-electron chi connectivity index (χ1n) is 6.86. The quantitative estimate of drug-likeness (QED) is 0.795. The molecule has 1 heterocycles. The number of ketones is 1. The van der Waals surface area contributed by atoms with Gasteiger partial charge >= 0.3 is 0 Å². The van der Waals surface area contributed by atoms with Gasteiger partial charge in [-0.15, -0.1) is 0 Å². The zero-order valence-electron chi connectivity index (χ0n) is 11.6. The number of anilines is 1. The summed E-state index contributed by atoms with van der Waals surface area (Å²) in [5.41, 5.74) is 1.06. The number of aliphatic hydroxyl groups is 1. The summed E-state index contributed by atoms with van der Waals surface area (Å²) in [6.45, 7) is 2.63. The molecule has 0 spiro atoms. The van der Waals surface area contributed by atoms with Crippen LogP contribution in [0.5, 0.6) is 0 Å². The first-order valence-corrected chi connectivity index (χ1v) is 6.86. The molecule has 1 atom stereocenters. The molecular weight excluding hydrogens is 256 g/mol. The maximum Gasteiger partial charge on any atom is 0.238 e. The Labute approximate surface area is 118 Å². The lowest BCUT2D eigenvalue weighted by molar-refractivity contribution is -0.117. The van der Waals surface area contributed by atoms with Crippen molar-refractivity contribution >= 4 is 17.4 Å².